The Morgan fingerprint density at radius 2 is 2.06 bits per heavy atom. The summed E-state index contributed by atoms with van der Waals surface area (Å²) in [4.78, 5) is 4.23. The van der Waals surface area contributed by atoms with Crippen LogP contribution in [0.1, 0.15) is 26.3 Å². The molecule has 1 unspecified atom stereocenters. The van der Waals surface area contributed by atoms with E-state index in [0.29, 0.717) is 12.0 Å². The van der Waals surface area contributed by atoms with Gasteiger partial charge in [-0.3, -0.25) is 4.99 Å². The molecule has 100 valence electrons. The van der Waals surface area contributed by atoms with E-state index in [1.165, 1.54) is 5.56 Å². The van der Waals surface area contributed by atoms with Gasteiger partial charge in [0.05, 0.1) is 0 Å². The zero-order valence-corrected chi connectivity index (χ0v) is 13.1. The van der Waals surface area contributed by atoms with Gasteiger partial charge in [0.2, 0.25) is 0 Å². The zero-order valence-electron chi connectivity index (χ0n) is 11.5. The molecule has 0 fully saturated rings. The predicted octanol–water partition coefficient (Wildman–Crippen LogP) is 3.16. The maximum atomic E-state index is 4.23. The number of rotatable bonds is 4. The topological polar surface area (TPSA) is 36.4 Å². The molecule has 0 aliphatic rings. The van der Waals surface area contributed by atoms with Crippen molar-refractivity contribution in [1.82, 2.24) is 10.6 Å². The van der Waals surface area contributed by atoms with Gasteiger partial charge in [0, 0.05) is 24.1 Å². The highest BCUT2D eigenvalue weighted by molar-refractivity contribution is 9.10. The molecule has 0 aliphatic carbocycles. The van der Waals surface area contributed by atoms with Crippen molar-refractivity contribution in [2.45, 2.75) is 33.4 Å². The van der Waals surface area contributed by atoms with Crippen LogP contribution in [0.2, 0.25) is 0 Å². The van der Waals surface area contributed by atoms with Crippen LogP contribution in [0.15, 0.2) is 33.7 Å². The van der Waals surface area contributed by atoms with E-state index in [1.54, 1.807) is 7.05 Å². The standard InChI is InChI=1S/C14H22BrN3/c1-10(2)11(3)18-14(16-4)17-9-12-6-5-7-13(15)8-12/h5-8,10-11H,9H2,1-4H3,(H2,16,17,18). The van der Waals surface area contributed by atoms with Gasteiger partial charge in [0.15, 0.2) is 5.96 Å². The Morgan fingerprint density at radius 3 is 2.61 bits per heavy atom. The van der Waals surface area contributed by atoms with Crippen molar-refractivity contribution in [2.75, 3.05) is 7.05 Å². The van der Waals surface area contributed by atoms with Crippen molar-refractivity contribution >= 4 is 21.9 Å². The fourth-order valence-corrected chi connectivity index (χ4v) is 1.86. The van der Waals surface area contributed by atoms with Crippen LogP contribution in [0.3, 0.4) is 0 Å². The lowest BCUT2D eigenvalue weighted by Gasteiger charge is -2.20. The average Bonchev–Trinajstić information content (AvgIpc) is 2.34. The summed E-state index contributed by atoms with van der Waals surface area (Å²) < 4.78 is 1.10. The van der Waals surface area contributed by atoms with Crippen molar-refractivity contribution < 1.29 is 0 Å². The Balaban J connectivity index is 2.50. The van der Waals surface area contributed by atoms with Gasteiger partial charge in [0.25, 0.3) is 0 Å². The van der Waals surface area contributed by atoms with Crippen LogP contribution < -0.4 is 10.6 Å². The van der Waals surface area contributed by atoms with Gasteiger partial charge in [-0.2, -0.15) is 0 Å². The molecule has 0 spiro atoms. The highest BCUT2D eigenvalue weighted by atomic mass is 79.9. The minimum Gasteiger partial charge on any atom is -0.354 e. The first kappa shape index (κ1) is 15.0. The van der Waals surface area contributed by atoms with Gasteiger partial charge in [0.1, 0.15) is 0 Å². The summed E-state index contributed by atoms with van der Waals surface area (Å²) in [6.45, 7) is 7.32. The van der Waals surface area contributed by atoms with E-state index in [2.05, 4.69) is 64.5 Å². The number of hydrogen-bond donors (Lipinski definition) is 2. The maximum Gasteiger partial charge on any atom is 0.191 e. The molecule has 0 saturated heterocycles. The molecule has 0 aliphatic heterocycles. The average molecular weight is 312 g/mol. The second-order valence-corrected chi connectivity index (χ2v) is 5.65. The molecule has 1 atom stereocenters. The van der Waals surface area contributed by atoms with Crippen molar-refractivity contribution in [3.8, 4) is 0 Å². The Kier molecular flexibility index (Phi) is 6.19. The molecular formula is C14H22BrN3. The lowest BCUT2D eigenvalue weighted by Crippen LogP contribution is -2.43. The predicted molar refractivity (Wildman–Crippen MR) is 81.8 cm³/mol. The van der Waals surface area contributed by atoms with Crippen LogP contribution in [0.4, 0.5) is 0 Å². The minimum atomic E-state index is 0.402. The van der Waals surface area contributed by atoms with E-state index in [4.69, 9.17) is 0 Å². The monoisotopic (exact) mass is 311 g/mol. The van der Waals surface area contributed by atoms with Gasteiger partial charge in [-0.05, 0) is 30.5 Å². The number of hydrogen-bond acceptors (Lipinski definition) is 1. The van der Waals surface area contributed by atoms with E-state index in [9.17, 15) is 0 Å². The normalized spacial score (nSPS) is 13.6. The molecule has 0 amide bonds. The summed E-state index contributed by atoms with van der Waals surface area (Å²) >= 11 is 3.47. The summed E-state index contributed by atoms with van der Waals surface area (Å²) in [5.74, 6) is 1.42. The molecule has 3 nitrogen and oxygen atoms in total. The molecule has 4 heteroatoms. The third-order valence-corrected chi connectivity index (χ3v) is 3.43. The molecule has 0 radical (unpaired) electrons. The molecule has 0 bridgehead atoms. The molecule has 0 saturated carbocycles. The number of benzene rings is 1. The molecule has 2 N–H and O–H groups in total. The van der Waals surface area contributed by atoms with Gasteiger partial charge >= 0.3 is 0 Å². The fourth-order valence-electron chi connectivity index (χ4n) is 1.41. The van der Waals surface area contributed by atoms with E-state index >= 15 is 0 Å². The van der Waals surface area contributed by atoms with Crippen molar-refractivity contribution in [3.63, 3.8) is 0 Å². The zero-order chi connectivity index (χ0) is 13.5. The summed E-state index contributed by atoms with van der Waals surface area (Å²) in [5.41, 5.74) is 1.23. The first-order valence-corrected chi connectivity index (χ1v) is 7.04. The van der Waals surface area contributed by atoms with Crippen molar-refractivity contribution in [3.05, 3.63) is 34.3 Å². The molecule has 1 rings (SSSR count). The van der Waals surface area contributed by atoms with Crippen LogP contribution in [0.25, 0.3) is 0 Å². The molecular weight excluding hydrogens is 290 g/mol. The first-order chi connectivity index (χ1) is 8.52. The Morgan fingerprint density at radius 1 is 1.33 bits per heavy atom. The Hall–Kier alpha value is -1.03. The number of nitrogens with one attached hydrogen (secondary N) is 2. The number of nitrogens with zero attached hydrogens (tertiary/aromatic N) is 1. The minimum absolute atomic E-state index is 0.402. The lowest BCUT2D eigenvalue weighted by molar-refractivity contribution is 0.481. The molecule has 0 heterocycles. The number of guanidine groups is 1. The van der Waals surface area contributed by atoms with Crippen LogP contribution in [0.5, 0.6) is 0 Å². The summed E-state index contributed by atoms with van der Waals surface area (Å²) in [5, 5.41) is 6.69. The third-order valence-electron chi connectivity index (χ3n) is 2.94. The molecule has 18 heavy (non-hydrogen) atoms. The highest BCUT2D eigenvalue weighted by Crippen LogP contribution is 2.11. The van der Waals surface area contributed by atoms with E-state index < -0.39 is 0 Å². The van der Waals surface area contributed by atoms with Crippen LogP contribution in [0, 0.1) is 5.92 Å². The Bertz CT molecular complexity index is 402. The SMILES string of the molecule is CN=C(NCc1cccc(Br)c1)NC(C)C(C)C. The lowest BCUT2D eigenvalue weighted by atomic mass is 10.1. The molecule has 0 aromatic heterocycles. The van der Waals surface area contributed by atoms with Crippen molar-refractivity contribution in [1.29, 1.82) is 0 Å². The largest absolute Gasteiger partial charge is 0.354 e. The summed E-state index contributed by atoms with van der Waals surface area (Å²) in [7, 11) is 1.79. The van der Waals surface area contributed by atoms with Crippen LogP contribution >= 0.6 is 15.9 Å². The summed E-state index contributed by atoms with van der Waals surface area (Å²) in [6.07, 6.45) is 0. The van der Waals surface area contributed by atoms with Gasteiger partial charge in [-0.1, -0.05) is 41.9 Å². The second kappa shape index (κ2) is 7.41. The molecule has 1 aromatic carbocycles. The van der Waals surface area contributed by atoms with Gasteiger partial charge in [-0.15, -0.1) is 0 Å². The van der Waals surface area contributed by atoms with E-state index in [1.807, 2.05) is 12.1 Å². The quantitative estimate of drug-likeness (QED) is 0.662. The number of halogens is 1. The maximum absolute atomic E-state index is 4.23. The fraction of sp³-hybridized carbons (Fsp3) is 0.500. The smallest absolute Gasteiger partial charge is 0.191 e. The van der Waals surface area contributed by atoms with Gasteiger partial charge < -0.3 is 10.6 Å². The Labute approximate surface area is 118 Å². The molecule has 1 aromatic rings. The van der Waals surface area contributed by atoms with Crippen LogP contribution in [-0.4, -0.2) is 19.0 Å². The van der Waals surface area contributed by atoms with E-state index in [-0.39, 0.29) is 0 Å². The van der Waals surface area contributed by atoms with Crippen molar-refractivity contribution in [2.24, 2.45) is 10.9 Å². The number of aliphatic imine (C=N–C) groups is 1. The summed E-state index contributed by atoms with van der Waals surface area (Å²) in [6, 6.07) is 8.66. The highest BCUT2D eigenvalue weighted by Gasteiger charge is 2.08. The van der Waals surface area contributed by atoms with Crippen LogP contribution in [-0.2, 0) is 6.54 Å². The third kappa shape index (κ3) is 5.08. The second-order valence-electron chi connectivity index (χ2n) is 4.73. The van der Waals surface area contributed by atoms with E-state index in [0.717, 1.165) is 17.0 Å². The first-order valence-electron chi connectivity index (χ1n) is 6.24. The van der Waals surface area contributed by atoms with Gasteiger partial charge in [-0.25, -0.2) is 0 Å².